The summed E-state index contributed by atoms with van der Waals surface area (Å²) in [7, 11) is 2.47. The molecule has 0 unspecified atom stereocenters. The third-order valence-corrected chi connectivity index (χ3v) is 4.57. The van der Waals surface area contributed by atoms with Crippen molar-refractivity contribution in [3.05, 3.63) is 40.6 Å². The molecule has 0 saturated carbocycles. The fourth-order valence-electron chi connectivity index (χ4n) is 3.34. The molecular formula is C19H22N2O6. The second-order valence-corrected chi connectivity index (χ2v) is 7.07. The third kappa shape index (κ3) is 3.52. The monoisotopic (exact) mass is 374 g/mol. The molecule has 0 bridgehead atoms. The van der Waals surface area contributed by atoms with Crippen molar-refractivity contribution in [1.29, 1.82) is 0 Å². The van der Waals surface area contributed by atoms with Crippen LogP contribution in [0.2, 0.25) is 0 Å². The highest BCUT2D eigenvalue weighted by atomic mass is 16.5. The van der Waals surface area contributed by atoms with Gasteiger partial charge in [0, 0.05) is 16.8 Å². The number of hydrogen-bond donors (Lipinski definition) is 1. The Morgan fingerprint density at radius 3 is 2.56 bits per heavy atom. The Kier molecular flexibility index (Phi) is 4.93. The van der Waals surface area contributed by atoms with Crippen LogP contribution >= 0.6 is 0 Å². The highest BCUT2D eigenvalue weighted by Gasteiger charge is 2.34. The van der Waals surface area contributed by atoms with Gasteiger partial charge in [-0.15, -0.1) is 0 Å². The Bertz CT molecular complexity index is 843. The van der Waals surface area contributed by atoms with Crippen molar-refractivity contribution in [2.75, 3.05) is 32.5 Å². The number of benzene rings is 1. The zero-order chi connectivity index (χ0) is 19.8. The summed E-state index contributed by atoms with van der Waals surface area (Å²) in [6.07, 6.45) is 0.692. The average molecular weight is 374 g/mol. The molecule has 0 aliphatic carbocycles. The van der Waals surface area contributed by atoms with Gasteiger partial charge in [-0.25, -0.2) is 9.59 Å². The Morgan fingerprint density at radius 2 is 1.89 bits per heavy atom. The largest absolute Gasteiger partial charge is 0.466 e. The molecule has 27 heavy (non-hydrogen) atoms. The van der Waals surface area contributed by atoms with Crippen LogP contribution < -0.4 is 10.2 Å². The summed E-state index contributed by atoms with van der Waals surface area (Å²) in [5.41, 5.74) is 1.79. The van der Waals surface area contributed by atoms with Crippen LogP contribution in [0.4, 0.5) is 5.69 Å². The number of esters is 2. The predicted octanol–water partition coefficient (Wildman–Crippen LogP) is 1.15. The lowest BCUT2D eigenvalue weighted by atomic mass is 9.87. The summed E-state index contributed by atoms with van der Waals surface area (Å²) < 4.78 is 15.1. The first-order chi connectivity index (χ1) is 12.8. The first kappa shape index (κ1) is 18.9. The number of rotatable bonds is 3. The summed E-state index contributed by atoms with van der Waals surface area (Å²) in [6.45, 7) is 3.89. The highest BCUT2D eigenvalue weighted by Crippen LogP contribution is 2.31. The molecule has 144 valence electrons. The maximum atomic E-state index is 12.5. The molecular weight excluding hydrogens is 352 g/mol. The van der Waals surface area contributed by atoms with Gasteiger partial charge >= 0.3 is 11.9 Å². The van der Waals surface area contributed by atoms with E-state index in [-0.39, 0.29) is 36.1 Å². The molecule has 2 heterocycles. The zero-order valence-corrected chi connectivity index (χ0v) is 15.8. The van der Waals surface area contributed by atoms with E-state index < -0.39 is 11.9 Å². The van der Waals surface area contributed by atoms with E-state index in [0.29, 0.717) is 17.7 Å². The molecule has 3 rings (SSSR count). The quantitative estimate of drug-likeness (QED) is 0.793. The second kappa shape index (κ2) is 7.03. The Balaban J connectivity index is 2.07. The van der Waals surface area contributed by atoms with Gasteiger partial charge in [0.1, 0.15) is 12.4 Å². The van der Waals surface area contributed by atoms with E-state index in [1.165, 1.54) is 19.1 Å². The predicted molar refractivity (Wildman–Crippen MR) is 96.0 cm³/mol. The second-order valence-electron chi connectivity index (χ2n) is 7.07. The van der Waals surface area contributed by atoms with Crippen molar-refractivity contribution in [2.45, 2.75) is 25.8 Å². The van der Waals surface area contributed by atoms with Crippen LogP contribution in [-0.2, 0) is 30.2 Å². The number of hydrogen-bond acceptors (Lipinski definition) is 7. The van der Waals surface area contributed by atoms with Gasteiger partial charge in [0.25, 0.3) is 5.91 Å². The molecule has 0 atom stereocenters. The van der Waals surface area contributed by atoms with E-state index in [0.717, 1.165) is 5.56 Å². The first-order valence-corrected chi connectivity index (χ1v) is 8.48. The van der Waals surface area contributed by atoms with Gasteiger partial charge in [0.05, 0.1) is 26.4 Å². The molecule has 2 aliphatic rings. The number of ether oxygens (including phenoxy) is 3. The van der Waals surface area contributed by atoms with Gasteiger partial charge in [-0.2, -0.15) is 0 Å². The molecule has 8 nitrogen and oxygen atoms in total. The van der Waals surface area contributed by atoms with E-state index >= 15 is 0 Å². The highest BCUT2D eigenvalue weighted by molar-refractivity contribution is 6.04. The Morgan fingerprint density at radius 1 is 1.19 bits per heavy atom. The normalized spacial score (nSPS) is 18.5. The molecule has 1 aromatic carbocycles. The van der Waals surface area contributed by atoms with Gasteiger partial charge < -0.3 is 24.4 Å². The summed E-state index contributed by atoms with van der Waals surface area (Å²) in [4.78, 5) is 38.4. The zero-order valence-electron chi connectivity index (χ0n) is 15.8. The van der Waals surface area contributed by atoms with Crippen LogP contribution in [0.1, 0.15) is 29.8 Å². The topological polar surface area (TPSA) is 94.2 Å². The summed E-state index contributed by atoms with van der Waals surface area (Å²) >= 11 is 0. The number of nitrogens with zero attached hydrogens (tertiary/aromatic N) is 1. The summed E-state index contributed by atoms with van der Waals surface area (Å²) in [6, 6.07) is 5.33. The van der Waals surface area contributed by atoms with Gasteiger partial charge in [0.2, 0.25) is 0 Å². The first-order valence-electron chi connectivity index (χ1n) is 8.48. The van der Waals surface area contributed by atoms with E-state index in [4.69, 9.17) is 14.2 Å². The maximum absolute atomic E-state index is 12.5. The molecule has 8 heteroatoms. The van der Waals surface area contributed by atoms with E-state index in [2.05, 4.69) is 5.32 Å². The van der Waals surface area contributed by atoms with Crippen molar-refractivity contribution in [2.24, 2.45) is 0 Å². The Hall–Kier alpha value is -2.87. The van der Waals surface area contributed by atoms with Gasteiger partial charge in [-0.1, -0.05) is 6.07 Å². The van der Waals surface area contributed by atoms with Gasteiger partial charge in [0.15, 0.2) is 0 Å². The van der Waals surface area contributed by atoms with Crippen LogP contribution in [0.25, 0.3) is 0 Å². The number of fused-ring (bicyclic) bond motifs is 1. The van der Waals surface area contributed by atoms with Crippen molar-refractivity contribution in [3.8, 4) is 0 Å². The lowest BCUT2D eigenvalue weighted by Crippen LogP contribution is -2.49. The fourth-order valence-corrected chi connectivity index (χ4v) is 3.34. The van der Waals surface area contributed by atoms with Crippen LogP contribution in [0.5, 0.6) is 0 Å². The van der Waals surface area contributed by atoms with Crippen LogP contribution in [0, 0.1) is 0 Å². The van der Waals surface area contributed by atoms with Gasteiger partial charge in [-0.3, -0.25) is 4.79 Å². The molecule has 1 N–H and O–H groups in total. The number of methoxy groups -OCH3 is 2. The average Bonchev–Trinajstić information content (AvgIpc) is 2.65. The number of anilines is 1. The molecule has 0 saturated heterocycles. The minimum atomic E-state index is -0.679. The standard InChI is InChI=1S/C19H22N2O6/c1-19(2)8-11-5-6-12(7-13(11)16(22)20-19)21-10-27-9-14(17(23)25-3)15(21)18(24)26-4/h5-7H,8-10H2,1-4H3,(H,20,22). The molecule has 1 amide bonds. The number of amides is 1. The molecule has 0 fully saturated rings. The smallest absolute Gasteiger partial charge is 0.355 e. The lowest BCUT2D eigenvalue weighted by Gasteiger charge is -2.34. The Labute approximate surface area is 157 Å². The number of nitrogens with one attached hydrogen (secondary N) is 1. The van der Waals surface area contributed by atoms with E-state index in [1.54, 1.807) is 12.1 Å². The van der Waals surface area contributed by atoms with Crippen LogP contribution in [0.15, 0.2) is 29.5 Å². The summed E-state index contributed by atoms with van der Waals surface area (Å²) in [5, 5.41) is 2.96. The van der Waals surface area contributed by atoms with Crippen LogP contribution in [-0.4, -0.2) is 50.9 Å². The summed E-state index contributed by atoms with van der Waals surface area (Å²) in [5.74, 6) is -1.53. The lowest BCUT2D eigenvalue weighted by molar-refractivity contribution is -0.140. The number of carbonyl (C=O) groups excluding carboxylic acids is 3. The SMILES string of the molecule is COC(=O)C1=C(C(=O)OC)N(c2ccc3c(c2)C(=O)NC(C)(C)C3)COC1. The molecule has 1 aromatic rings. The third-order valence-electron chi connectivity index (χ3n) is 4.57. The van der Waals surface area contributed by atoms with E-state index in [1.807, 2.05) is 19.9 Å². The minimum absolute atomic E-state index is 0.0385. The minimum Gasteiger partial charge on any atom is -0.466 e. The van der Waals surface area contributed by atoms with Crippen molar-refractivity contribution >= 4 is 23.5 Å². The molecule has 2 aliphatic heterocycles. The van der Waals surface area contributed by atoms with Gasteiger partial charge in [-0.05, 0) is 38.0 Å². The van der Waals surface area contributed by atoms with Crippen molar-refractivity contribution < 1.29 is 28.6 Å². The molecule has 0 spiro atoms. The fraction of sp³-hybridized carbons (Fsp3) is 0.421. The van der Waals surface area contributed by atoms with Crippen LogP contribution in [0.3, 0.4) is 0 Å². The molecule has 0 aromatic heterocycles. The maximum Gasteiger partial charge on any atom is 0.355 e. The number of carbonyl (C=O) groups is 3. The van der Waals surface area contributed by atoms with Crippen molar-refractivity contribution in [3.63, 3.8) is 0 Å². The molecule has 0 radical (unpaired) electrons. The van der Waals surface area contributed by atoms with E-state index in [9.17, 15) is 14.4 Å². The van der Waals surface area contributed by atoms with Crippen molar-refractivity contribution in [1.82, 2.24) is 5.32 Å².